The van der Waals surface area contributed by atoms with Crippen molar-refractivity contribution in [1.82, 2.24) is 10.2 Å². The third-order valence-corrected chi connectivity index (χ3v) is 4.76. The molecule has 2 unspecified atom stereocenters. The van der Waals surface area contributed by atoms with Crippen LogP contribution in [0.15, 0.2) is 18.2 Å². The van der Waals surface area contributed by atoms with Gasteiger partial charge in [0.25, 0.3) is 0 Å². The average Bonchev–Trinajstić information content (AvgIpc) is 2.41. The second-order valence-corrected chi connectivity index (χ2v) is 6.56. The summed E-state index contributed by atoms with van der Waals surface area (Å²) < 4.78 is 0. The number of nitrogens with zero attached hydrogens (tertiary/aromatic N) is 1. The Hall–Kier alpha value is -0.280. The van der Waals surface area contributed by atoms with Crippen LogP contribution in [0, 0.1) is 5.92 Å². The molecule has 112 valence electrons. The fourth-order valence-corrected chi connectivity index (χ4v) is 3.51. The average molecular weight is 315 g/mol. The first kappa shape index (κ1) is 16.1. The minimum Gasteiger partial charge on any atom is -0.314 e. The molecule has 1 aliphatic heterocycles. The van der Waals surface area contributed by atoms with E-state index < -0.39 is 0 Å². The number of rotatable bonds is 5. The molecule has 0 saturated carbocycles. The highest BCUT2D eigenvalue weighted by atomic mass is 35.5. The third-order valence-electron chi connectivity index (χ3n) is 4.17. The van der Waals surface area contributed by atoms with E-state index in [1.165, 1.54) is 25.1 Å². The zero-order valence-corrected chi connectivity index (χ0v) is 13.8. The van der Waals surface area contributed by atoms with Crippen molar-refractivity contribution in [3.05, 3.63) is 33.8 Å². The van der Waals surface area contributed by atoms with Crippen molar-refractivity contribution in [1.29, 1.82) is 0 Å². The number of nitrogens with one attached hydrogen (secondary N) is 1. The molecule has 1 saturated heterocycles. The summed E-state index contributed by atoms with van der Waals surface area (Å²) in [4.78, 5) is 2.55. The molecule has 2 rings (SSSR count). The normalized spacial score (nSPS) is 24.0. The van der Waals surface area contributed by atoms with Gasteiger partial charge in [-0.25, -0.2) is 0 Å². The van der Waals surface area contributed by atoms with Gasteiger partial charge in [0, 0.05) is 29.2 Å². The smallest absolute Gasteiger partial charge is 0.0453 e. The first-order chi connectivity index (χ1) is 9.60. The lowest BCUT2D eigenvalue weighted by molar-refractivity contribution is 0.150. The molecule has 1 aromatic carbocycles. The molecule has 2 nitrogen and oxygen atoms in total. The van der Waals surface area contributed by atoms with Crippen LogP contribution in [0.2, 0.25) is 10.0 Å². The van der Waals surface area contributed by atoms with Crippen molar-refractivity contribution < 1.29 is 0 Å². The number of halogens is 2. The highest BCUT2D eigenvalue weighted by molar-refractivity contribution is 6.35. The monoisotopic (exact) mass is 314 g/mol. The topological polar surface area (TPSA) is 15.3 Å². The predicted molar refractivity (Wildman–Crippen MR) is 87.9 cm³/mol. The van der Waals surface area contributed by atoms with E-state index in [-0.39, 0.29) is 0 Å². The van der Waals surface area contributed by atoms with Crippen molar-refractivity contribution >= 4 is 23.2 Å². The Balaban J connectivity index is 1.83. The van der Waals surface area contributed by atoms with Crippen LogP contribution in [-0.4, -0.2) is 37.1 Å². The summed E-state index contributed by atoms with van der Waals surface area (Å²) >= 11 is 12.2. The highest BCUT2D eigenvalue weighted by Gasteiger charge is 2.24. The van der Waals surface area contributed by atoms with Crippen LogP contribution in [0.25, 0.3) is 0 Å². The van der Waals surface area contributed by atoms with Crippen molar-refractivity contribution in [3.63, 3.8) is 0 Å². The molecule has 1 fully saturated rings. The van der Waals surface area contributed by atoms with Crippen LogP contribution in [0.1, 0.15) is 25.8 Å². The molecule has 1 aromatic rings. The Labute approximate surface area is 132 Å². The minimum absolute atomic E-state index is 0.676. The molecule has 0 aromatic heterocycles. The fourth-order valence-electron chi connectivity index (χ4n) is 3.00. The molecular formula is C16H24Cl2N2. The van der Waals surface area contributed by atoms with Crippen LogP contribution in [-0.2, 0) is 6.42 Å². The number of hydrogen-bond donors (Lipinski definition) is 1. The summed E-state index contributed by atoms with van der Waals surface area (Å²) in [6, 6.07) is 6.47. The molecule has 1 heterocycles. The fraction of sp³-hybridized carbons (Fsp3) is 0.625. The largest absolute Gasteiger partial charge is 0.314 e. The van der Waals surface area contributed by atoms with Gasteiger partial charge in [-0.2, -0.15) is 0 Å². The number of hydrogen-bond acceptors (Lipinski definition) is 2. The summed E-state index contributed by atoms with van der Waals surface area (Å²) in [7, 11) is 0. The summed E-state index contributed by atoms with van der Waals surface area (Å²) in [5.41, 5.74) is 1.19. The highest BCUT2D eigenvalue weighted by Crippen LogP contribution is 2.22. The lowest BCUT2D eigenvalue weighted by Crippen LogP contribution is -2.48. The molecule has 0 aliphatic carbocycles. The molecular weight excluding hydrogens is 291 g/mol. The zero-order chi connectivity index (χ0) is 14.5. The zero-order valence-electron chi connectivity index (χ0n) is 12.3. The van der Waals surface area contributed by atoms with Gasteiger partial charge < -0.3 is 10.2 Å². The van der Waals surface area contributed by atoms with E-state index in [4.69, 9.17) is 23.2 Å². The number of likely N-dealkylation sites (tertiary alicyclic amines) is 1. The van der Waals surface area contributed by atoms with Crippen LogP contribution >= 0.6 is 23.2 Å². The van der Waals surface area contributed by atoms with Gasteiger partial charge in [-0.3, -0.25) is 0 Å². The Kier molecular flexibility index (Phi) is 6.16. The van der Waals surface area contributed by atoms with Gasteiger partial charge in [0.05, 0.1) is 0 Å². The number of piperidine rings is 1. The molecule has 0 amide bonds. The molecule has 20 heavy (non-hydrogen) atoms. The summed E-state index contributed by atoms with van der Waals surface area (Å²) in [5.74, 6) is 0.712. The molecule has 2 atom stereocenters. The molecule has 0 radical (unpaired) electrons. The lowest BCUT2D eigenvalue weighted by atomic mass is 9.93. The second kappa shape index (κ2) is 7.65. The van der Waals surface area contributed by atoms with Gasteiger partial charge in [0.2, 0.25) is 0 Å². The van der Waals surface area contributed by atoms with Gasteiger partial charge in [-0.15, -0.1) is 0 Å². The van der Waals surface area contributed by atoms with E-state index in [1.54, 1.807) is 0 Å². The Morgan fingerprint density at radius 2 is 2.15 bits per heavy atom. The summed E-state index contributed by atoms with van der Waals surface area (Å²) in [6.07, 6.45) is 2.23. The first-order valence-corrected chi connectivity index (χ1v) is 8.25. The standard InChI is InChI=1S/C16H24Cl2N2/c1-3-19-16-7-9-20(11-12(16)2)8-6-13-4-5-14(17)10-15(13)18/h4-5,10,12,16,19H,3,6-9,11H2,1-2H3. The van der Waals surface area contributed by atoms with Crippen molar-refractivity contribution in [3.8, 4) is 0 Å². The Bertz CT molecular complexity index is 436. The third kappa shape index (κ3) is 4.36. The van der Waals surface area contributed by atoms with E-state index in [0.717, 1.165) is 24.5 Å². The first-order valence-electron chi connectivity index (χ1n) is 7.49. The van der Waals surface area contributed by atoms with Crippen LogP contribution in [0.3, 0.4) is 0 Å². The molecule has 4 heteroatoms. The molecule has 0 spiro atoms. The molecule has 0 bridgehead atoms. The van der Waals surface area contributed by atoms with Gasteiger partial charge >= 0.3 is 0 Å². The van der Waals surface area contributed by atoms with E-state index in [1.807, 2.05) is 18.2 Å². The van der Waals surface area contributed by atoms with Gasteiger partial charge in [0.15, 0.2) is 0 Å². The van der Waals surface area contributed by atoms with Crippen molar-refractivity contribution in [2.45, 2.75) is 32.7 Å². The van der Waals surface area contributed by atoms with Crippen molar-refractivity contribution in [2.75, 3.05) is 26.2 Å². The van der Waals surface area contributed by atoms with Gasteiger partial charge in [0.1, 0.15) is 0 Å². The van der Waals surface area contributed by atoms with Crippen LogP contribution in [0.4, 0.5) is 0 Å². The van der Waals surface area contributed by atoms with E-state index >= 15 is 0 Å². The summed E-state index contributed by atoms with van der Waals surface area (Å²) in [6.45, 7) is 9.01. The maximum Gasteiger partial charge on any atom is 0.0453 e. The quantitative estimate of drug-likeness (QED) is 0.888. The SMILES string of the molecule is CCNC1CCN(CCc2ccc(Cl)cc2Cl)CC1C. The maximum atomic E-state index is 6.23. The van der Waals surface area contributed by atoms with Gasteiger partial charge in [-0.1, -0.05) is 43.1 Å². The van der Waals surface area contributed by atoms with Crippen molar-refractivity contribution in [2.24, 2.45) is 5.92 Å². The van der Waals surface area contributed by atoms with Gasteiger partial charge in [-0.05, 0) is 49.5 Å². The van der Waals surface area contributed by atoms with E-state index in [0.29, 0.717) is 17.0 Å². The van der Waals surface area contributed by atoms with E-state index in [2.05, 4.69) is 24.1 Å². The lowest BCUT2D eigenvalue weighted by Gasteiger charge is -2.37. The summed E-state index contributed by atoms with van der Waals surface area (Å²) in [5, 5.41) is 5.07. The van der Waals surface area contributed by atoms with Crippen LogP contribution in [0.5, 0.6) is 0 Å². The van der Waals surface area contributed by atoms with E-state index in [9.17, 15) is 0 Å². The number of benzene rings is 1. The predicted octanol–water partition coefficient (Wildman–Crippen LogP) is 3.86. The molecule has 1 N–H and O–H groups in total. The van der Waals surface area contributed by atoms with Crippen LogP contribution < -0.4 is 5.32 Å². The molecule has 1 aliphatic rings. The maximum absolute atomic E-state index is 6.23. The Morgan fingerprint density at radius 1 is 1.35 bits per heavy atom. The second-order valence-electron chi connectivity index (χ2n) is 5.72. The minimum atomic E-state index is 0.676. The Morgan fingerprint density at radius 3 is 2.80 bits per heavy atom.